The summed E-state index contributed by atoms with van der Waals surface area (Å²) in [6, 6.07) is 9.81. The number of para-hydroxylation sites is 1. The van der Waals surface area contributed by atoms with Gasteiger partial charge in [-0.3, -0.25) is 9.59 Å². The number of hydrogen-bond acceptors (Lipinski definition) is 5. The number of aromatic amines is 1. The van der Waals surface area contributed by atoms with E-state index in [9.17, 15) is 26.8 Å². The number of aromatic nitrogens is 1. The highest BCUT2D eigenvalue weighted by Crippen LogP contribution is 2.25. The van der Waals surface area contributed by atoms with E-state index in [2.05, 4.69) is 15.6 Å². The Labute approximate surface area is 194 Å². The van der Waals surface area contributed by atoms with Crippen molar-refractivity contribution >= 4 is 32.7 Å². The van der Waals surface area contributed by atoms with E-state index < -0.39 is 44.6 Å². The van der Waals surface area contributed by atoms with E-state index in [1.54, 1.807) is 0 Å². The Morgan fingerprint density at radius 1 is 1.12 bits per heavy atom. The third-order valence-corrected chi connectivity index (χ3v) is 7.33. The molecule has 0 aliphatic carbocycles. The molecule has 2 amide bonds. The van der Waals surface area contributed by atoms with Crippen LogP contribution in [-0.4, -0.2) is 62.0 Å². The molecule has 1 aliphatic rings. The Morgan fingerprint density at radius 3 is 2.71 bits per heavy atom. The number of fused-ring (bicyclic) bond motifs is 1. The summed E-state index contributed by atoms with van der Waals surface area (Å²) in [6.07, 6.45) is 1.17. The van der Waals surface area contributed by atoms with Crippen molar-refractivity contribution in [3.8, 4) is 0 Å². The smallest absolute Gasteiger partial charge is 0.309 e. The average molecular weight is 493 g/mol. The second-order valence-electron chi connectivity index (χ2n) is 7.59. The normalized spacial score (nSPS) is 16.6. The summed E-state index contributed by atoms with van der Waals surface area (Å²) in [5.41, 5.74) is 1.96. The zero-order chi connectivity index (χ0) is 24.3. The molecule has 1 atom stereocenters. The van der Waals surface area contributed by atoms with Crippen LogP contribution < -0.4 is 10.6 Å². The molecule has 0 radical (unpaired) electrons. The molecule has 0 spiro atoms. The first kappa shape index (κ1) is 23.8. The van der Waals surface area contributed by atoms with E-state index in [-0.39, 0.29) is 26.2 Å². The van der Waals surface area contributed by atoms with Gasteiger partial charge in [-0.1, -0.05) is 18.2 Å². The van der Waals surface area contributed by atoms with Gasteiger partial charge in [0.2, 0.25) is 10.0 Å². The van der Waals surface area contributed by atoms with Crippen molar-refractivity contribution in [2.75, 3.05) is 26.2 Å². The second-order valence-corrected chi connectivity index (χ2v) is 9.45. The standard InChI is InChI=1S/C22H22F2N4O5S/c23-15-5-6-17(24)19(11-15)34(31,32)28-9-10-33-20(28)13-27-22(30)21(29)25-8-7-14-12-26-18-4-2-1-3-16(14)18/h1-6,11-12,20,26H,7-10,13H2,(H,25,29)(H,27,30)/t20-/m0/s1. The molecule has 3 aromatic rings. The van der Waals surface area contributed by atoms with Gasteiger partial charge in [0, 0.05) is 30.2 Å². The summed E-state index contributed by atoms with van der Waals surface area (Å²) in [4.78, 5) is 26.6. The van der Waals surface area contributed by atoms with Gasteiger partial charge in [-0.05, 0) is 36.2 Å². The maximum absolute atomic E-state index is 14.0. The van der Waals surface area contributed by atoms with E-state index in [0.29, 0.717) is 12.5 Å². The lowest BCUT2D eigenvalue weighted by Gasteiger charge is -2.23. The predicted octanol–water partition coefficient (Wildman–Crippen LogP) is 1.27. The van der Waals surface area contributed by atoms with Crippen molar-refractivity contribution in [2.45, 2.75) is 17.5 Å². The molecule has 3 N–H and O–H groups in total. The van der Waals surface area contributed by atoms with Crippen molar-refractivity contribution < 1.29 is 31.5 Å². The van der Waals surface area contributed by atoms with Crippen LogP contribution in [0.5, 0.6) is 0 Å². The molecule has 2 heterocycles. The SMILES string of the molecule is O=C(NCCc1c[nH]c2ccccc12)C(=O)NC[C@@H]1OCCN1S(=O)(=O)c1cc(F)ccc1F. The third kappa shape index (κ3) is 4.93. The molecular formula is C22H22F2N4O5S. The molecule has 0 bridgehead atoms. The molecule has 34 heavy (non-hydrogen) atoms. The maximum atomic E-state index is 14.0. The molecule has 4 rings (SSSR count). The van der Waals surface area contributed by atoms with Gasteiger partial charge in [0.1, 0.15) is 22.8 Å². The number of carbonyl (C=O) groups excluding carboxylic acids is 2. The van der Waals surface area contributed by atoms with Crippen molar-refractivity contribution in [1.29, 1.82) is 0 Å². The van der Waals surface area contributed by atoms with Crippen molar-refractivity contribution in [2.24, 2.45) is 0 Å². The van der Waals surface area contributed by atoms with Gasteiger partial charge in [0.05, 0.1) is 13.2 Å². The van der Waals surface area contributed by atoms with Gasteiger partial charge in [0.15, 0.2) is 0 Å². The Balaban J connectivity index is 1.31. The number of ether oxygens (including phenoxy) is 1. The fourth-order valence-corrected chi connectivity index (χ4v) is 5.32. The minimum atomic E-state index is -4.43. The molecule has 12 heteroatoms. The van der Waals surface area contributed by atoms with E-state index in [4.69, 9.17) is 4.74 Å². The van der Waals surface area contributed by atoms with Gasteiger partial charge in [-0.2, -0.15) is 4.31 Å². The number of hydrogen-bond donors (Lipinski definition) is 3. The number of amides is 2. The number of nitrogens with zero attached hydrogens (tertiary/aromatic N) is 1. The maximum Gasteiger partial charge on any atom is 0.309 e. The van der Waals surface area contributed by atoms with Gasteiger partial charge in [-0.15, -0.1) is 0 Å². The van der Waals surface area contributed by atoms with Crippen LogP contribution in [0.2, 0.25) is 0 Å². The lowest BCUT2D eigenvalue weighted by atomic mass is 10.1. The highest BCUT2D eigenvalue weighted by atomic mass is 32.2. The van der Waals surface area contributed by atoms with Crippen molar-refractivity contribution in [3.05, 3.63) is 65.9 Å². The van der Waals surface area contributed by atoms with Crippen LogP contribution in [0.1, 0.15) is 5.56 Å². The van der Waals surface area contributed by atoms with Crippen LogP contribution in [0.3, 0.4) is 0 Å². The Hall–Kier alpha value is -3.35. The molecule has 180 valence electrons. The van der Waals surface area contributed by atoms with Crippen LogP contribution in [-0.2, 0) is 30.8 Å². The molecule has 0 unspecified atom stereocenters. The molecule has 1 aromatic heterocycles. The molecule has 1 fully saturated rings. The lowest BCUT2D eigenvalue weighted by molar-refractivity contribution is -0.139. The fourth-order valence-electron chi connectivity index (χ4n) is 3.73. The molecular weight excluding hydrogens is 470 g/mol. The highest BCUT2D eigenvalue weighted by Gasteiger charge is 2.38. The van der Waals surface area contributed by atoms with Crippen LogP contribution in [0, 0.1) is 11.6 Å². The molecule has 1 aliphatic heterocycles. The first-order valence-corrected chi connectivity index (χ1v) is 11.9. The number of rotatable bonds is 7. The number of carbonyl (C=O) groups is 2. The number of halogens is 2. The first-order chi connectivity index (χ1) is 16.3. The number of nitrogens with one attached hydrogen (secondary N) is 3. The van der Waals surface area contributed by atoms with Gasteiger partial charge in [0.25, 0.3) is 0 Å². The summed E-state index contributed by atoms with van der Waals surface area (Å²) in [6.45, 7) is -0.249. The molecule has 0 saturated carbocycles. The van der Waals surface area contributed by atoms with E-state index in [1.807, 2.05) is 30.5 Å². The Bertz CT molecular complexity index is 1330. The van der Waals surface area contributed by atoms with Crippen molar-refractivity contribution in [3.63, 3.8) is 0 Å². The third-order valence-electron chi connectivity index (χ3n) is 5.42. The monoisotopic (exact) mass is 492 g/mol. The van der Waals surface area contributed by atoms with E-state index >= 15 is 0 Å². The van der Waals surface area contributed by atoms with Crippen LogP contribution in [0.25, 0.3) is 10.9 Å². The Kier molecular flexibility index (Phi) is 6.91. The zero-order valence-electron chi connectivity index (χ0n) is 17.9. The van der Waals surface area contributed by atoms with Gasteiger partial charge < -0.3 is 20.4 Å². The predicted molar refractivity (Wildman–Crippen MR) is 118 cm³/mol. The number of benzene rings is 2. The Morgan fingerprint density at radius 2 is 1.88 bits per heavy atom. The lowest BCUT2D eigenvalue weighted by Crippen LogP contribution is -2.47. The summed E-state index contributed by atoms with van der Waals surface area (Å²) < 4.78 is 59.2. The van der Waals surface area contributed by atoms with Crippen LogP contribution in [0.4, 0.5) is 8.78 Å². The second kappa shape index (κ2) is 9.87. The summed E-state index contributed by atoms with van der Waals surface area (Å²) in [7, 11) is -4.43. The average Bonchev–Trinajstić information content (AvgIpc) is 3.46. The number of sulfonamides is 1. The summed E-state index contributed by atoms with van der Waals surface area (Å²) >= 11 is 0. The molecule has 2 aromatic carbocycles. The minimum absolute atomic E-state index is 0.00643. The quantitative estimate of drug-likeness (QED) is 0.429. The van der Waals surface area contributed by atoms with Crippen LogP contribution in [0.15, 0.2) is 53.6 Å². The van der Waals surface area contributed by atoms with Gasteiger partial charge >= 0.3 is 11.8 Å². The van der Waals surface area contributed by atoms with E-state index in [1.165, 1.54) is 0 Å². The fraction of sp³-hybridized carbons (Fsp3) is 0.273. The largest absolute Gasteiger partial charge is 0.361 e. The summed E-state index contributed by atoms with van der Waals surface area (Å²) in [5, 5.41) is 5.86. The molecule has 9 nitrogen and oxygen atoms in total. The minimum Gasteiger partial charge on any atom is -0.361 e. The van der Waals surface area contributed by atoms with Gasteiger partial charge in [-0.25, -0.2) is 17.2 Å². The highest BCUT2D eigenvalue weighted by molar-refractivity contribution is 7.89. The number of H-pyrrole nitrogens is 1. The van der Waals surface area contributed by atoms with E-state index in [0.717, 1.165) is 32.9 Å². The first-order valence-electron chi connectivity index (χ1n) is 10.5. The topological polar surface area (TPSA) is 121 Å². The molecule has 1 saturated heterocycles. The van der Waals surface area contributed by atoms with Crippen molar-refractivity contribution in [1.82, 2.24) is 19.9 Å². The summed E-state index contributed by atoms with van der Waals surface area (Å²) in [5.74, 6) is -3.87. The zero-order valence-corrected chi connectivity index (χ0v) is 18.7. The van der Waals surface area contributed by atoms with Crippen LogP contribution >= 0.6 is 0 Å².